The van der Waals surface area contributed by atoms with E-state index in [1.807, 2.05) is 37.4 Å². The minimum Gasteiger partial charge on any atom is -0.462 e. The van der Waals surface area contributed by atoms with Crippen molar-refractivity contribution < 1.29 is 14.3 Å². The highest BCUT2D eigenvalue weighted by Crippen LogP contribution is 2.34. The fourth-order valence-corrected chi connectivity index (χ4v) is 4.19. The molecule has 0 spiro atoms. The Labute approximate surface area is 170 Å². The van der Waals surface area contributed by atoms with E-state index in [9.17, 15) is 4.79 Å². The number of ether oxygens (including phenoxy) is 2. The zero-order valence-electron chi connectivity index (χ0n) is 16.0. The van der Waals surface area contributed by atoms with E-state index in [-0.39, 0.29) is 24.2 Å². The number of halogens is 1. The van der Waals surface area contributed by atoms with Crippen LogP contribution in [0.25, 0.3) is 0 Å². The maximum atomic E-state index is 12.2. The quantitative estimate of drug-likeness (QED) is 0.761. The maximum Gasteiger partial charge on any atom is 0.339 e. The van der Waals surface area contributed by atoms with Crippen LogP contribution in [0.1, 0.15) is 18.5 Å². The van der Waals surface area contributed by atoms with Gasteiger partial charge < -0.3 is 14.4 Å². The standard InChI is InChI=1S/C21H26ClN3O3/c1-2-28-21(26)16-5-8-19-23-20(15-3-6-17(22)7-4-15)18(25(19)13-16)14-24-9-11-27-12-10-24/h3-8,13,18-20,23H,2,9-12,14H2,1H3. The van der Waals surface area contributed by atoms with Crippen molar-refractivity contribution in [1.82, 2.24) is 15.1 Å². The first kappa shape index (κ1) is 19.5. The zero-order valence-corrected chi connectivity index (χ0v) is 16.8. The monoisotopic (exact) mass is 403 g/mol. The first-order valence-corrected chi connectivity index (χ1v) is 10.2. The van der Waals surface area contributed by atoms with E-state index in [2.05, 4.69) is 27.2 Å². The zero-order chi connectivity index (χ0) is 19.5. The molecule has 0 aromatic heterocycles. The Hall–Kier alpha value is -1.86. The smallest absolute Gasteiger partial charge is 0.339 e. The van der Waals surface area contributed by atoms with E-state index in [1.54, 1.807) is 0 Å². The van der Waals surface area contributed by atoms with Crippen LogP contribution in [0, 0.1) is 0 Å². The number of rotatable bonds is 5. The van der Waals surface area contributed by atoms with Crippen LogP contribution in [-0.4, -0.2) is 67.4 Å². The second-order valence-electron chi connectivity index (χ2n) is 7.23. The van der Waals surface area contributed by atoms with Crippen LogP contribution in [0.3, 0.4) is 0 Å². The lowest BCUT2D eigenvalue weighted by Crippen LogP contribution is -2.46. The third-order valence-electron chi connectivity index (χ3n) is 5.47. The summed E-state index contributed by atoms with van der Waals surface area (Å²) < 4.78 is 10.7. The van der Waals surface area contributed by atoms with Crippen molar-refractivity contribution in [2.45, 2.75) is 25.2 Å². The first-order chi connectivity index (χ1) is 13.7. The van der Waals surface area contributed by atoms with Gasteiger partial charge in [-0.15, -0.1) is 0 Å². The number of carbonyl (C=O) groups is 1. The molecule has 0 radical (unpaired) electrons. The number of nitrogens with zero attached hydrogens (tertiary/aromatic N) is 2. The van der Waals surface area contributed by atoms with E-state index in [0.29, 0.717) is 12.2 Å². The molecule has 6 nitrogen and oxygen atoms in total. The highest BCUT2D eigenvalue weighted by molar-refractivity contribution is 6.30. The molecule has 28 heavy (non-hydrogen) atoms. The van der Waals surface area contributed by atoms with Gasteiger partial charge in [-0.2, -0.15) is 0 Å². The molecular weight excluding hydrogens is 378 g/mol. The number of nitrogens with one attached hydrogen (secondary N) is 1. The number of hydrogen-bond donors (Lipinski definition) is 1. The fraction of sp³-hybridized carbons (Fsp3) is 0.476. The lowest BCUT2D eigenvalue weighted by molar-refractivity contribution is -0.138. The Balaban J connectivity index is 1.61. The van der Waals surface area contributed by atoms with Gasteiger partial charge in [-0.1, -0.05) is 23.7 Å². The summed E-state index contributed by atoms with van der Waals surface area (Å²) in [5.74, 6) is -0.280. The van der Waals surface area contributed by atoms with Crippen molar-refractivity contribution in [1.29, 1.82) is 0 Å². The van der Waals surface area contributed by atoms with Gasteiger partial charge in [-0.05, 0) is 36.8 Å². The number of fused-ring (bicyclic) bond motifs is 1. The molecule has 1 aromatic carbocycles. The molecule has 1 N–H and O–H groups in total. The molecule has 3 unspecified atom stereocenters. The third-order valence-corrected chi connectivity index (χ3v) is 5.73. The molecule has 3 aliphatic heterocycles. The first-order valence-electron chi connectivity index (χ1n) is 9.82. The average Bonchev–Trinajstić information content (AvgIpc) is 3.07. The molecule has 3 aliphatic rings. The molecule has 2 fully saturated rings. The van der Waals surface area contributed by atoms with Crippen LogP contribution < -0.4 is 5.32 Å². The Morgan fingerprint density at radius 1 is 1.29 bits per heavy atom. The SMILES string of the molecule is CCOC(=O)C1=CN2C(C=C1)NC(c1ccc(Cl)cc1)C2CN1CCOCC1. The van der Waals surface area contributed by atoms with Gasteiger partial charge in [0.05, 0.1) is 43.6 Å². The van der Waals surface area contributed by atoms with Crippen molar-refractivity contribution in [3.05, 3.63) is 58.8 Å². The average molecular weight is 404 g/mol. The van der Waals surface area contributed by atoms with Crippen LogP contribution in [0.2, 0.25) is 5.02 Å². The van der Waals surface area contributed by atoms with Crippen molar-refractivity contribution in [3.63, 3.8) is 0 Å². The minimum absolute atomic E-state index is 0.0462. The molecule has 0 bridgehead atoms. The summed E-state index contributed by atoms with van der Waals surface area (Å²) in [7, 11) is 0. The Morgan fingerprint density at radius 3 is 2.75 bits per heavy atom. The largest absolute Gasteiger partial charge is 0.462 e. The van der Waals surface area contributed by atoms with Gasteiger partial charge in [0.25, 0.3) is 0 Å². The molecule has 7 heteroatoms. The highest BCUT2D eigenvalue weighted by Gasteiger charge is 2.41. The molecule has 1 aromatic rings. The van der Waals surface area contributed by atoms with Crippen molar-refractivity contribution in [2.24, 2.45) is 0 Å². The summed E-state index contributed by atoms with van der Waals surface area (Å²) in [5.41, 5.74) is 1.78. The summed E-state index contributed by atoms with van der Waals surface area (Å²) in [6.45, 7) is 6.46. The molecule has 0 aliphatic carbocycles. The van der Waals surface area contributed by atoms with E-state index in [1.165, 1.54) is 5.56 Å². The molecule has 3 heterocycles. The van der Waals surface area contributed by atoms with Gasteiger partial charge >= 0.3 is 5.97 Å². The molecule has 0 amide bonds. The number of esters is 1. The van der Waals surface area contributed by atoms with Crippen LogP contribution >= 0.6 is 11.6 Å². The summed E-state index contributed by atoms with van der Waals surface area (Å²) in [6.07, 6.45) is 5.87. The molecule has 2 saturated heterocycles. The van der Waals surface area contributed by atoms with Crippen LogP contribution in [0.15, 0.2) is 48.2 Å². The van der Waals surface area contributed by atoms with E-state index in [0.717, 1.165) is 37.9 Å². The number of benzene rings is 1. The van der Waals surface area contributed by atoms with E-state index in [4.69, 9.17) is 21.1 Å². The second-order valence-corrected chi connectivity index (χ2v) is 7.67. The molecule has 0 saturated carbocycles. The molecule has 4 rings (SSSR count). The van der Waals surface area contributed by atoms with Crippen molar-refractivity contribution in [3.8, 4) is 0 Å². The Morgan fingerprint density at radius 2 is 2.04 bits per heavy atom. The summed E-state index contributed by atoms with van der Waals surface area (Å²) in [6, 6.07) is 8.31. The lowest BCUT2D eigenvalue weighted by Gasteiger charge is -2.36. The van der Waals surface area contributed by atoms with Crippen molar-refractivity contribution >= 4 is 17.6 Å². The van der Waals surface area contributed by atoms with Crippen LogP contribution in [0.4, 0.5) is 0 Å². The van der Waals surface area contributed by atoms with Gasteiger partial charge in [-0.3, -0.25) is 10.2 Å². The third kappa shape index (κ3) is 4.10. The summed E-state index contributed by atoms with van der Waals surface area (Å²) >= 11 is 6.09. The Bertz CT molecular complexity index is 759. The predicted molar refractivity (Wildman–Crippen MR) is 108 cm³/mol. The van der Waals surface area contributed by atoms with E-state index >= 15 is 0 Å². The molecule has 3 atom stereocenters. The predicted octanol–water partition coefficient (Wildman–Crippen LogP) is 2.33. The number of carbonyl (C=O) groups excluding carboxylic acids is 1. The second kappa shape index (κ2) is 8.66. The van der Waals surface area contributed by atoms with E-state index < -0.39 is 0 Å². The Kier molecular flexibility index (Phi) is 6.01. The van der Waals surface area contributed by atoms with Gasteiger partial charge in [0.2, 0.25) is 0 Å². The molecule has 150 valence electrons. The summed E-state index contributed by atoms with van der Waals surface area (Å²) in [4.78, 5) is 16.9. The minimum atomic E-state index is -0.280. The van der Waals surface area contributed by atoms with Gasteiger partial charge in [0.1, 0.15) is 0 Å². The number of morpholine rings is 1. The topological polar surface area (TPSA) is 54.0 Å². The maximum absolute atomic E-state index is 12.2. The normalized spacial score (nSPS) is 27.4. The lowest BCUT2D eigenvalue weighted by atomic mass is 9.99. The number of hydrogen-bond acceptors (Lipinski definition) is 6. The van der Waals surface area contributed by atoms with Crippen molar-refractivity contribution in [2.75, 3.05) is 39.5 Å². The fourth-order valence-electron chi connectivity index (χ4n) is 4.06. The summed E-state index contributed by atoms with van der Waals surface area (Å²) in [5, 5.41) is 4.43. The van der Waals surface area contributed by atoms with Crippen LogP contribution in [-0.2, 0) is 14.3 Å². The van der Waals surface area contributed by atoms with Crippen LogP contribution in [0.5, 0.6) is 0 Å². The molecular formula is C21H26ClN3O3. The van der Waals surface area contributed by atoms with Gasteiger partial charge in [0.15, 0.2) is 0 Å². The van der Waals surface area contributed by atoms with Gasteiger partial charge in [-0.25, -0.2) is 4.79 Å². The highest BCUT2D eigenvalue weighted by atomic mass is 35.5. The van der Waals surface area contributed by atoms with Gasteiger partial charge in [0, 0.05) is 30.9 Å².